The number of pyridine rings is 1. The molecule has 0 spiro atoms. The SMILES string of the molecule is CC(C)(C)OC(=O)N1CCC(=C(c2ccccc2)c2ccc(CCC(=O)O)cn2)CC1. The number of carbonyl (C=O) groups is 2. The number of piperidine rings is 1. The van der Waals surface area contributed by atoms with Crippen LogP contribution in [0.25, 0.3) is 5.57 Å². The van der Waals surface area contributed by atoms with Crippen molar-refractivity contribution < 1.29 is 19.4 Å². The molecule has 6 nitrogen and oxygen atoms in total. The van der Waals surface area contributed by atoms with Crippen LogP contribution in [0, 0.1) is 0 Å². The minimum Gasteiger partial charge on any atom is -0.481 e. The molecule has 1 fully saturated rings. The van der Waals surface area contributed by atoms with E-state index in [4.69, 9.17) is 9.84 Å². The van der Waals surface area contributed by atoms with E-state index in [-0.39, 0.29) is 12.5 Å². The van der Waals surface area contributed by atoms with Gasteiger partial charge in [-0.05, 0) is 57.2 Å². The summed E-state index contributed by atoms with van der Waals surface area (Å²) in [5.74, 6) is -0.812. The number of aliphatic carboxylic acids is 1. The van der Waals surface area contributed by atoms with Crippen LogP contribution in [-0.2, 0) is 16.0 Å². The number of aromatic nitrogens is 1. The Kier molecular flexibility index (Phi) is 7.10. The molecule has 0 bridgehead atoms. The Bertz CT molecular complexity index is 934. The van der Waals surface area contributed by atoms with Crippen molar-refractivity contribution in [3.05, 3.63) is 71.1 Å². The van der Waals surface area contributed by atoms with Crippen molar-refractivity contribution in [2.24, 2.45) is 0 Å². The molecule has 2 heterocycles. The molecule has 6 heteroatoms. The summed E-state index contributed by atoms with van der Waals surface area (Å²) in [5.41, 5.74) is 4.71. The molecule has 1 saturated heterocycles. The van der Waals surface area contributed by atoms with Crippen molar-refractivity contribution in [3.63, 3.8) is 0 Å². The second-order valence-electron chi connectivity index (χ2n) is 8.76. The lowest BCUT2D eigenvalue weighted by Crippen LogP contribution is -2.40. The lowest BCUT2D eigenvalue weighted by Gasteiger charge is -2.32. The monoisotopic (exact) mass is 422 g/mol. The molecule has 1 N–H and O–H groups in total. The van der Waals surface area contributed by atoms with E-state index >= 15 is 0 Å². The third-order valence-electron chi connectivity index (χ3n) is 5.14. The van der Waals surface area contributed by atoms with Crippen LogP contribution in [0.2, 0.25) is 0 Å². The molecule has 1 aliphatic rings. The van der Waals surface area contributed by atoms with Crippen LogP contribution in [-0.4, -0.2) is 45.7 Å². The van der Waals surface area contributed by atoms with Gasteiger partial charge in [0.2, 0.25) is 0 Å². The molecule has 0 unspecified atom stereocenters. The standard InChI is InChI=1S/C25H30N2O4/c1-25(2,3)31-24(30)27-15-13-20(14-16-27)23(19-7-5-4-6-8-19)21-11-9-18(17-26-21)10-12-22(28)29/h4-9,11,17H,10,12-16H2,1-3H3,(H,28,29). The number of rotatable bonds is 5. The highest BCUT2D eigenvalue weighted by molar-refractivity contribution is 5.81. The lowest BCUT2D eigenvalue weighted by atomic mass is 9.90. The number of aryl methyl sites for hydroxylation is 1. The van der Waals surface area contributed by atoms with E-state index in [1.54, 1.807) is 11.1 Å². The van der Waals surface area contributed by atoms with Gasteiger partial charge in [-0.1, -0.05) is 42.0 Å². The molecule has 0 radical (unpaired) electrons. The molecule has 1 aromatic carbocycles. The Morgan fingerprint density at radius 1 is 1.06 bits per heavy atom. The molecule has 1 aliphatic heterocycles. The van der Waals surface area contributed by atoms with Gasteiger partial charge in [-0.25, -0.2) is 4.79 Å². The molecule has 0 saturated carbocycles. The van der Waals surface area contributed by atoms with Crippen LogP contribution in [0.5, 0.6) is 0 Å². The van der Waals surface area contributed by atoms with Gasteiger partial charge < -0.3 is 14.7 Å². The number of amides is 1. The average Bonchev–Trinajstić information content (AvgIpc) is 2.73. The minimum absolute atomic E-state index is 0.0914. The Labute approximate surface area is 183 Å². The van der Waals surface area contributed by atoms with Crippen LogP contribution in [0.15, 0.2) is 54.2 Å². The molecule has 3 rings (SSSR count). The highest BCUT2D eigenvalue weighted by Crippen LogP contribution is 2.32. The molecule has 164 valence electrons. The van der Waals surface area contributed by atoms with Gasteiger partial charge in [0, 0.05) is 31.3 Å². The first-order chi connectivity index (χ1) is 14.7. The van der Waals surface area contributed by atoms with Crippen LogP contribution in [0.1, 0.15) is 56.9 Å². The third kappa shape index (κ3) is 6.41. The van der Waals surface area contributed by atoms with Gasteiger partial charge in [-0.15, -0.1) is 0 Å². The maximum absolute atomic E-state index is 12.4. The number of likely N-dealkylation sites (tertiary alicyclic amines) is 1. The maximum atomic E-state index is 12.4. The van der Waals surface area contributed by atoms with Gasteiger partial charge in [0.25, 0.3) is 0 Å². The molecular weight excluding hydrogens is 392 g/mol. The van der Waals surface area contributed by atoms with E-state index in [1.807, 2.05) is 51.1 Å². The highest BCUT2D eigenvalue weighted by Gasteiger charge is 2.26. The van der Waals surface area contributed by atoms with Gasteiger partial charge in [0.05, 0.1) is 5.69 Å². The van der Waals surface area contributed by atoms with E-state index < -0.39 is 11.6 Å². The second-order valence-corrected chi connectivity index (χ2v) is 8.76. The van der Waals surface area contributed by atoms with E-state index in [0.717, 1.165) is 35.2 Å². The van der Waals surface area contributed by atoms with E-state index in [9.17, 15) is 9.59 Å². The fraction of sp³-hybridized carbons (Fsp3) is 0.400. The first-order valence-electron chi connectivity index (χ1n) is 10.7. The zero-order valence-electron chi connectivity index (χ0n) is 18.4. The molecule has 2 aromatic rings. The third-order valence-corrected chi connectivity index (χ3v) is 5.14. The first-order valence-corrected chi connectivity index (χ1v) is 10.7. The Hall–Kier alpha value is -3.15. The number of carboxylic acids is 1. The molecule has 0 atom stereocenters. The summed E-state index contributed by atoms with van der Waals surface area (Å²) in [5, 5.41) is 8.89. The first kappa shape index (κ1) is 22.5. The summed E-state index contributed by atoms with van der Waals surface area (Å²) in [6.45, 7) is 6.84. The van der Waals surface area contributed by atoms with Crippen molar-refractivity contribution >= 4 is 17.6 Å². The molecular formula is C25H30N2O4. The fourth-order valence-electron chi connectivity index (χ4n) is 3.65. The number of carboxylic acid groups (broad SMARTS) is 1. The van der Waals surface area contributed by atoms with Crippen molar-refractivity contribution in [2.45, 2.75) is 52.1 Å². The van der Waals surface area contributed by atoms with Crippen LogP contribution in [0.4, 0.5) is 4.79 Å². The highest BCUT2D eigenvalue weighted by atomic mass is 16.6. The van der Waals surface area contributed by atoms with Gasteiger partial charge >= 0.3 is 12.1 Å². The second kappa shape index (κ2) is 9.77. The topological polar surface area (TPSA) is 79.7 Å². The van der Waals surface area contributed by atoms with Gasteiger partial charge in [0.15, 0.2) is 0 Å². The maximum Gasteiger partial charge on any atom is 0.410 e. The summed E-state index contributed by atoms with van der Waals surface area (Å²) in [6, 6.07) is 14.1. The van der Waals surface area contributed by atoms with E-state index in [0.29, 0.717) is 19.5 Å². The van der Waals surface area contributed by atoms with Gasteiger partial charge in [-0.2, -0.15) is 0 Å². The van der Waals surface area contributed by atoms with Crippen molar-refractivity contribution in [3.8, 4) is 0 Å². The zero-order chi connectivity index (χ0) is 22.4. The summed E-state index contributed by atoms with van der Waals surface area (Å²) in [6.07, 6.45) is 3.56. The number of carbonyl (C=O) groups excluding carboxylic acids is 1. The van der Waals surface area contributed by atoms with Crippen molar-refractivity contribution in [1.29, 1.82) is 0 Å². The lowest BCUT2D eigenvalue weighted by molar-refractivity contribution is -0.136. The van der Waals surface area contributed by atoms with Crippen LogP contribution < -0.4 is 0 Å². The normalized spacial score (nSPS) is 14.3. The number of hydrogen-bond acceptors (Lipinski definition) is 4. The number of benzene rings is 1. The summed E-state index contributed by atoms with van der Waals surface area (Å²) >= 11 is 0. The summed E-state index contributed by atoms with van der Waals surface area (Å²) < 4.78 is 5.51. The predicted octanol–water partition coefficient (Wildman–Crippen LogP) is 4.93. The van der Waals surface area contributed by atoms with Crippen molar-refractivity contribution in [2.75, 3.05) is 13.1 Å². The largest absolute Gasteiger partial charge is 0.481 e. The molecule has 1 aromatic heterocycles. The summed E-state index contributed by atoms with van der Waals surface area (Å²) in [7, 11) is 0. The Morgan fingerprint density at radius 3 is 2.29 bits per heavy atom. The van der Waals surface area contributed by atoms with Crippen LogP contribution >= 0.6 is 0 Å². The van der Waals surface area contributed by atoms with Gasteiger partial charge in [-0.3, -0.25) is 9.78 Å². The molecule has 1 amide bonds. The smallest absolute Gasteiger partial charge is 0.410 e. The zero-order valence-corrected chi connectivity index (χ0v) is 18.4. The number of ether oxygens (including phenoxy) is 1. The molecule has 0 aliphatic carbocycles. The molecule has 31 heavy (non-hydrogen) atoms. The fourth-order valence-corrected chi connectivity index (χ4v) is 3.65. The van der Waals surface area contributed by atoms with E-state index in [2.05, 4.69) is 17.1 Å². The number of nitrogens with zero attached hydrogens (tertiary/aromatic N) is 2. The van der Waals surface area contributed by atoms with Gasteiger partial charge in [0.1, 0.15) is 5.60 Å². The Morgan fingerprint density at radius 2 is 1.74 bits per heavy atom. The van der Waals surface area contributed by atoms with Crippen LogP contribution in [0.3, 0.4) is 0 Å². The van der Waals surface area contributed by atoms with E-state index in [1.165, 1.54) is 5.57 Å². The quantitative estimate of drug-likeness (QED) is 0.739. The average molecular weight is 423 g/mol. The predicted molar refractivity (Wildman–Crippen MR) is 120 cm³/mol. The Balaban J connectivity index is 1.83. The van der Waals surface area contributed by atoms with Crippen molar-refractivity contribution in [1.82, 2.24) is 9.88 Å². The minimum atomic E-state index is -0.812. The number of hydrogen-bond donors (Lipinski definition) is 1. The summed E-state index contributed by atoms with van der Waals surface area (Å²) in [4.78, 5) is 29.7.